The van der Waals surface area contributed by atoms with E-state index in [4.69, 9.17) is 0 Å². The molecule has 23 heavy (non-hydrogen) atoms. The van der Waals surface area contributed by atoms with Crippen LogP contribution in [0.3, 0.4) is 0 Å². The second kappa shape index (κ2) is 6.46. The minimum Gasteiger partial charge on any atom is -0.306 e. The van der Waals surface area contributed by atoms with Crippen LogP contribution in [0, 0.1) is 5.92 Å². The number of nitrogens with zero attached hydrogens (tertiary/aromatic N) is 5. The molecule has 0 atom stereocenters. The number of aromatic nitrogens is 2. The minimum atomic E-state index is 0.168. The van der Waals surface area contributed by atoms with Crippen LogP contribution in [0.15, 0.2) is 18.5 Å². The van der Waals surface area contributed by atoms with Crippen molar-refractivity contribution in [3.05, 3.63) is 24.3 Å². The monoisotopic (exact) mass is 315 g/mol. The summed E-state index contributed by atoms with van der Waals surface area (Å²) in [7, 11) is 2.25. The first-order chi connectivity index (χ1) is 11.3. The SMILES string of the molecule is CN1CCC(CN2CCN(C3(c4ncccn4)CC3)CC2)CC1. The molecule has 1 saturated carbocycles. The van der Waals surface area contributed by atoms with Gasteiger partial charge in [0, 0.05) is 45.1 Å². The summed E-state index contributed by atoms with van der Waals surface area (Å²) >= 11 is 0. The Morgan fingerprint density at radius 3 is 2.26 bits per heavy atom. The molecule has 4 rings (SSSR count). The summed E-state index contributed by atoms with van der Waals surface area (Å²) in [5.74, 6) is 1.95. The van der Waals surface area contributed by atoms with Gasteiger partial charge in [-0.25, -0.2) is 9.97 Å². The molecule has 1 aliphatic carbocycles. The van der Waals surface area contributed by atoms with Crippen molar-refractivity contribution in [2.45, 2.75) is 31.2 Å². The summed E-state index contributed by atoms with van der Waals surface area (Å²) < 4.78 is 0. The molecule has 3 fully saturated rings. The van der Waals surface area contributed by atoms with Gasteiger partial charge in [0.15, 0.2) is 0 Å². The van der Waals surface area contributed by atoms with Crippen LogP contribution < -0.4 is 0 Å². The van der Waals surface area contributed by atoms with Crippen LogP contribution in [0.1, 0.15) is 31.5 Å². The molecule has 0 bridgehead atoms. The summed E-state index contributed by atoms with van der Waals surface area (Å²) in [5, 5.41) is 0. The fourth-order valence-electron chi connectivity index (χ4n) is 4.31. The van der Waals surface area contributed by atoms with Gasteiger partial charge in [-0.2, -0.15) is 0 Å². The summed E-state index contributed by atoms with van der Waals surface area (Å²) in [5.41, 5.74) is 0.168. The molecule has 2 saturated heterocycles. The van der Waals surface area contributed by atoms with Crippen molar-refractivity contribution < 1.29 is 0 Å². The molecule has 3 aliphatic rings. The number of likely N-dealkylation sites (tertiary alicyclic amines) is 1. The van der Waals surface area contributed by atoms with Crippen LogP contribution in [0.5, 0.6) is 0 Å². The predicted octanol–water partition coefficient (Wildman–Crippen LogP) is 1.43. The van der Waals surface area contributed by atoms with E-state index in [0.29, 0.717) is 0 Å². The molecule has 0 aromatic carbocycles. The number of piperidine rings is 1. The van der Waals surface area contributed by atoms with Crippen molar-refractivity contribution in [2.75, 3.05) is 52.9 Å². The molecule has 126 valence electrons. The third-order valence-corrected chi connectivity index (χ3v) is 6.04. The maximum atomic E-state index is 4.54. The van der Waals surface area contributed by atoms with Crippen molar-refractivity contribution in [2.24, 2.45) is 5.92 Å². The minimum absolute atomic E-state index is 0.168. The van der Waals surface area contributed by atoms with E-state index in [2.05, 4.69) is 31.7 Å². The first-order valence-electron chi connectivity index (χ1n) is 9.20. The summed E-state index contributed by atoms with van der Waals surface area (Å²) in [6.07, 6.45) is 8.98. The number of piperazine rings is 1. The highest BCUT2D eigenvalue weighted by Crippen LogP contribution is 2.49. The Kier molecular flexibility index (Phi) is 4.35. The average Bonchev–Trinajstić information content (AvgIpc) is 3.40. The topological polar surface area (TPSA) is 35.5 Å². The van der Waals surface area contributed by atoms with Crippen molar-refractivity contribution in [3.8, 4) is 0 Å². The Balaban J connectivity index is 1.30. The highest BCUT2D eigenvalue weighted by atomic mass is 15.3. The molecule has 1 aromatic heterocycles. The number of hydrogen-bond donors (Lipinski definition) is 0. The molecular weight excluding hydrogens is 286 g/mol. The first kappa shape index (κ1) is 15.5. The lowest BCUT2D eigenvalue weighted by Crippen LogP contribution is -2.52. The molecule has 1 aromatic rings. The van der Waals surface area contributed by atoms with Gasteiger partial charge in [-0.05, 0) is 57.8 Å². The Bertz CT molecular complexity index is 499. The van der Waals surface area contributed by atoms with E-state index in [9.17, 15) is 0 Å². The van der Waals surface area contributed by atoms with E-state index in [1.807, 2.05) is 18.5 Å². The summed E-state index contributed by atoms with van der Waals surface area (Å²) in [4.78, 5) is 16.9. The third kappa shape index (κ3) is 3.28. The molecule has 5 nitrogen and oxygen atoms in total. The summed E-state index contributed by atoms with van der Waals surface area (Å²) in [6.45, 7) is 8.62. The molecule has 5 heteroatoms. The van der Waals surface area contributed by atoms with Gasteiger partial charge in [-0.1, -0.05) is 0 Å². The van der Waals surface area contributed by atoms with Crippen molar-refractivity contribution in [1.82, 2.24) is 24.7 Å². The molecule has 0 spiro atoms. The number of rotatable bonds is 4. The smallest absolute Gasteiger partial charge is 0.148 e. The zero-order chi connectivity index (χ0) is 15.7. The number of hydrogen-bond acceptors (Lipinski definition) is 5. The first-order valence-corrected chi connectivity index (χ1v) is 9.20. The van der Waals surface area contributed by atoms with Gasteiger partial charge < -0.3 is 9.80 Å². The maximum absolute atomic E-state index is 4.54. The zero-order valence-electron chi connectivity index (χ0n) is 14.3. The molecule has 0 N–H and O–H groups in total. The second-order valence-corrected chi connectivity index (χ2v) is 7.64. The van der Waals surface area contributed by atoms with Gasteiger partial charge in [0.25, 0.3) is 0 Å². The molecule has 0 amide bonds. The Morgan fingerprint density at radius 1 is 1.00 bits per heavy atom. The Hall–Kier alpha value is -1.04. The van der Waals surface area contributed by atoms with Crippen LogP contribution in [0.25, 0.3) is 0 Å². The van der Waals surface area contributed by atoms with E-state index >= 15 is 0 Å². The van der Waals surface area contributed by atoms with Crippen LogP contribution in [-0.4, -0.2) is 77.5 Å². The van der Waals surface area contributed by atoms with E-state index in [1.165, 1.54) is 71.5 Å². The molecule has 0 radical (unpaired) electrons. The Labute approximate surface area is 139 Å². The quantitative estimate of drug-likeness (QED) is 0.840. The van der Waals surface area contributed by atoms with Crippen LogP contribution in [0.2, 0.25) is 0 Å². The van der Waals surface area contributed by atoms with Gasteiger partial charge in [-0.3, -0.25) is 4.90 Å². The zero-order valence-corrected chi connectivity index (χ0v) is 14.3. The fourth-order valence-corrected chi connectivity index (χ4v) is 4.31. The normalized spacial score (nSPS) is 27.2. The van der Waals surface area contributed by atoms with E-state index in [-0.39, 0.29) is 5.54 Å². The van der Waals surface area contributed by atoms with Gasteiger partial charge in [0.05, 0.1) is 5.54 Å². The van der Waals surface area contributed by atoms with Crippen LogP contribution in [-0.2, 0) is 5.54 Å². The van der Waals surface area contributed by atoms with E-state index < -0.39 is 0 Å². The van der Waals surface area contributed by atoms with Gasteiger partial charge >= 0.3 is 0 Å². The highest BCUT2D eigenvalue weighted by Gasteiger charge is 2.52. The largest absolute Gasteiger partial charge is 0.306 e. The fraction of sp³-hybridized carbons (Fsp3) is 0.778. The highest BCUT2D eigenvalue weighted by molar-refractivity contribution is 5.17. The lowest BCUT2D eigenvalue weighted by atomic mass is 9.96. The third-order valence-electron chi connectivity index (χ3n) is 6.04. The lowest BCUT2D eigenvalue weighted by molar-refractivity contribution is 0.0629. The molecule has 3 heterocycles. The molecular formula is C18H29N5. The van der Waals surface area contributed by atoms with Crippen LogP contribution in [0.4, 0.5) is 0 Å². The molecule has 2 aliphatic heterocycles. The van der Waals surface area contributed by atoms with Crippen molar-refractivity contribution >= 4 is 0 Å². The van der Waals surface area contributed by atoms with Crippen molar-refractivity contribution in [1.29, 1.82) is 0 Å². The maximum Gasteiger partial charge on any atom is 0.148 e. The van der Waals surface area contributed by atoms with Crippen LogP contribution >= 0.6 is 0 Å². The second-order valence-electron chi connectivity index (χ2n) is 7.64. The predicted molar refractivity (Wildman–Crippen MR) is 91.2 cm³/mol. The molecule has 0 unspecified atom stereocenters. The van der Waals surface area contributed by atoms with Gasteiger partial charge in [0.2, 0.25) is 0 Å². The standard InChI is InChI=1S/C18H29N5/c1-21-9-3-16(4-10-21)15-22-11-13-23(14-12-22)18(5-6-18)17-19-7-2-8-20-17/h2,7-8,16H,3-6,9-15H2,1H3. The van der Waals surface area contributed by atoms with Crippen molar-refractivity contribution in [3.63, 3.8) is 0 Å². The van der Waals surface area contributed by atoms with Gasteiger partial charge in [-0.15, -0.1) is 0 Å². The van der Waals surface area contributed by atoms with E-state index in [1.54, 1.807) is 0 Å². The lowest BCUT2D eigenvalue weighted by Gasteiger charge is -2.41. The Morgan fingerprint density at radius 2 is 1.65 bits per heavy atom. The average molecular weight is 315 g/mol. The van der Waals surface area contributed by atoms with Gasteiger partial charge in [0.1, 0.15) is 5.82 Å². The summed E-state index contributed by atoms with van der Waals surface area (Å²) in [6, 6.07) is 1.92. The van der Waals surface area contributed by atoms with E-state index in [0.717, 1.165) is 11.7 Å².